The number of aromatic nitrogens is 3. The maximum Gasteiger partial charge on any atom is 0.416 e. The van der Waals surface area contributed by atoms with Gasteiger partial charge in [0.2, 0.25) is 5.91 Å². The van der Waals surface area contributed by atoms with Gasteiger partial charge < -0.3 is 4.90 Å². The molecule has 2 amide bonds. The van der Waals surface area contributed by atoms with E-state index in [9.17, 15) is 22.8 Å². The molecule has 2 aliphatic heterocycles. The Hall–Kier alpha value is -3.69. The second kappa shape index (κ2) is 8.27. The summed E-state index contributed by atoms with van der Waals surface area (Å²) in [4.78, 5) is 33.4. The first kappa shape index (κ1) is 22.1. The predicted molar refractivity (Wildman–Crippen MR) is 117 cm³/mol. The number of likely N-dealkylation sites (tertiary alicyclic amines) is 1. The van der Waals surface area contributed by atoms with E-state index in [-0.39, 0.29) is 23.8 Å². The minimum atomic E-state index is -4.45. The van der Waals surface area contributed by atoms with Crippen LogP contribution in [0.1, 0.15) is 40.7 Å². The molecular formula is C24H22F3N5O2. The number of anilines is 1. The van der Waals surface area contributed by atoms with Gasteiger partial charge in [0.05, 0.1) is 30.3 Å². The average Bonchev–Trinajstić information content (AvgIpc) is 3.33. The van der Waals surface area contributed by atoms with Gasteiger partial charge in [0.1, 0.15) is 5.82 Å². The zero-order valence-corrected chi connectivity index (χ0v) is 18.2. The van der Waals surface area contributed by atoms with Crippen molar-refractivity contribution in [3.8, 4) is 0 Å². The second-order valence-corrected chi connectivity index (χ2v) is 8.70. The number of benzene rings is 1. The van der Waals surface area contributed by atoms with Crippen LogP contribution in [0.5, 0.6) is 0 Å². The van der Waals surface area contributed by atoms with Crippen molar-refractivity contribution in [2.45, 2.75) is 37.5 Å². The van der Waals surface area contributed by atoms with E-state index >= 15 is 0 Å². The largest absolute Gasteiger partial charge is 0.416 e. The lowest BCUT2D eigenvalue weighted by Gasteiger charge is -2.46. The molecule has 176 valence electrons. The third kappa shape index (κ3) is 3.93. The summed E-state index contributed by atoms with van der Waals surface area (Å²) in [6, 6.07) is 9.81. The number of piperidine rings is 1. The molecule has 0 radical (unpaired) electrons. The molecule has 2 aliphatic rings. The molecule has 0 atom stereocenters. The van der Waals surface area contributed by atoms with Crippen molar-refractivity contribution in [2.24, 2.45) is 0 Å². The summed E-state index contributed by atoms with van der Waals surface area (Å²) in [5, 5.41) is 4.52. The molecule has 34 heavy (non-hydrogen) atoms. The lowest BCUT2D eigenvalue weighted by atomic mass is 9.82. The van der Waals surface area contributed by atoms with Crippen molar-refractivity contribution < 1.29 is 22.8 Å². The normalized spacial score (nSPS) is 17.7. The highest BCUT2D eigenvalue weighted by molar-refractivity contribution is 5.95. The van der Waals surface area contributed by atoms with Crippen molar-refractivity contribution in [2.75, 3.05) is 18.0 Å². The summed E-state index contributed by atoms with van der Waals surface area (Å²) < 4.78 is 40.3. The number of hydrogen-bond acceptors (Lipinski definition) is 4. The highest BCUT2D eigenvalue weighted by Gasteiger charge is 2.46. The van der Waals surface area contributed by atoms with E-state index in [0.29, 0.717) is 32.5 Å². The van der Waals surface area contributed by atoms with Crippen molar-refractivity contribution in [1.82, 2.24) is 19.7 Å². The van der Waals surface area contributed by atoms with Gasteiger partial charge >= 0.3 is 6.18 Å². The van der Waals surface area contributed by atoms with Crippen LogP contribution in [-0.4, -0.2) is 44.6 Å². The first-order chi connectivity index (χ1) is 16.3. The summed E-state index contributed by atoms with van der Waals surface area (Å²) in [7, 11) is 0. The van der Waals surface area contributed by atoms with Crippen LogP contribution in [0.4, 0.5) is 19.0 Å². The highest BCUT2D eigenvalue weighted by Crippen LogP contribution is 2.41. The Morgan fingerprint density at radius 1 is 0.971 bits per heavy atom. The fraction of sp³-hybridized carbons (Fsp3) is 0.333. The number of nitrogens with zero attached hydrogens (tertiary/aromatic N) is 5. The van der Waals surface area contributed by atoms with E-state index in [2.05, 4.69) is 10.1 Å². The maximum absolute atomic E-state index is 13.2. The third-order valence-electron chi connectivity index (χ3n) is 6.66. The van der Waals surface area contributed by atoms with E-state index < -0.39 is 17.3 Å². The fourth-order valence-corrected chi connectivity index (χ4v) is 4.78. The van der Waals surface area contributed by atoms with Gasteiger partial charge in [-0.2, -0.15) is 18.3 Å². The summed E-state index contributed by atoms with van der Waals surface area (Å²) in [6.45, 7) is 1.19. The summed E-state index contributed by atoms with van der Waals surface area (Å²) >= 11 is 0. The van der Waals surface area contributed by atoms with Crippen LogP contribution in [0, 0.1) is 0 Å². The standard InChI is InChI=1S/C24H22F3N5O2/c25-24(26,27)19-3-1-18(2-4-19)22(34)30-13-8-23(9-14-30)15-21(33)31(20-7-12-29-32(20)23)16-17-5-10-28-11-6-17/h1-7,10-12H,8-9,13-16H2. The van der Waals surface area contributed by atoms with Crippen LogP contribution in [0.3, 0.4) is 0 Å². The van der Waals surface area contributed by atoms with E-state index in [1.165, 1.54) is 12.1 Å². The van der Waals surface area contributed by atoms with E-state index in [0.717, 1.165) is 23.5 Å². The van der Waals surface area contributed by atoms with Crippen molar-refractivity contribution in [3.63, 3.8) is 0 Å². The van der Waals surface area contributed by atoms with Crippen molar-refractivity contribution in [1.29, 1.82) is 0 Å². The number of carbonyl (C=O) groups is 2. The smallest absolute Gasteiger partial charge is 0.338 e. The average molecular weight is 469 g/mol. The van der Waals surface area contributed by atoms with E-state index in [1.54, 1.807) is 28.4 Å². The summed E-state index contributed by atoms with van der Waals surface area (Å²) in [5.41, 5.74) is -0.137. The Balaban J connectivity index is 1.31. The molecule has 0 unspecified atom stereocenters. The van der Waals surface area contributed by atoms with Crippen LogP contribution >= 0.6 is 0 Å². The molecule has 1 spiro atoms. The molecule has 0 N–H and O–H groups in total. The van der Waals surface area contributed by atoms with Crippen LogP contribution in [0.25, 0.3) is 0 Å². The molecule has 4 heterocycles. The molecule has 1 aromatic carbocycles. The van der Waals surface area contributed by atoms with Gasteiger partial charge in [-0.1, -0.05) is 0 Å². The van der Waals surface area contributed by atoms with Gasteiger partial charge in [-0.15, -0.1) is 0 Å². The number of carbonyl (C=O) groups excluding carboxylic acids is 2. The van der Waals surface area contributed by atoms with E-state index in [4.69, 9.17) is 0 Å². The van der Waals surface area contributed by atoms with Crippen LogP contribution < -0.4 is 4.90 Å². The lowest BCUT2D eigenvalue weighted by Crippen LogP contribution is -2.54. The Labute approximate surface area is 193 Å². The molecule has 3 aromatic rings. The Kier molecular flexibility index (Phi) is 5.38. The van der Waals surface area contributed by atoms with Crippen molar-refractivity contribution >= 4 is 17.6 Å². The van der Waals surface area contributed by atoms with Crippen LogP contribution in [0.15, 0.2) is 61.1 Å². The molecule has 0 bridgehead atoms. The number of alkyl halides is 3. The number of rotatable bonds is 3. The first-order valence-electron chi connectivity index (χ1n) is 11.0. The Morgan fingerprint density at radius 2 is 1.65 bits per heavy atom. The fourth-order valence-electron chi connectivity index (χ4n) is 4.78. The number of fused-ring (bicyclic) bond motifs is 2. The molecule has 0 saturated carbocycles. The maximum atomic E-state index is 13.2. The minimum absolute atomic E-state index is 0.00710. The molecule has 0 aliphatic carbocycles. The van der Waals surface area contributed by atoms with Gasteiger partial charge in [-0.3, -0.25) is 19.5 Å². The zero-order chi connectivity index (χ0) is 23.9. The monoisotopic (exact) mass is 469 g/mol. The van der Waals surface area contributed by atoms with Gasteiger partial charge in [0.15, 0.2) is 0 Å². The van der Waals surface area contributed by atoms with Crippen LogP contribution in [-0.2, 0) is 23.1 Å². The highest BCUT2D eigenvalue weighted by atomic mass is 19.4. The molecule has 1 saturated heterocycles. The van der Waals surface area contributed by atoms with Gasteiger partial charge in [-0.25, -0.2) is 4.68 Å². The lowest BCUT2D eigenvalue weighted by molar-refractivity contribution is -0.137. The SMILES string of the molecule is O=C(c1ccc(C(F)(F)F)cc1)N1CCC2(CC1)CC(=O)N(Cc1ccncc1)c1ccnn12. The molecule has 5 rings (SSSR count). The Bertz CT molecular complexity index is 1200. The molecule has 7 nitrogen and oxygen atoms in total. The summed E-state index contributed by atoms with van der Waals surface area (Å²) in [6.07, 6.45) is 1.94. The number of hydrogen-bond donors (Lipinski definition) is 0. The molecule has 10 heteroatoms. The number of amides is 2. The minimum Gasteiger partial charge on any atom is -0.338 e. The Morgan fingerprint density at radius 3 is 2.29 bits per heavy atom. The topological polar surface area (TPSA) is 71.3 Å². The van der Waals surface area contributed by atoms with Gasteiger partial charge in [0, 0.05) is 37.1 Å². The number of pyridine rings is 1. The molecule has 1 fully saturated rings. The van der Waals surface area contributed by atoms with E-state index in [1.807, 2.05) is 22.9 Å². The molecular weight excluding hydrogens is 447 g/mol. The van der Waals surface area contributed by atoms with Gasteiger partial charge in [0.25, 0.3) is 5.91 Å². The van der Waals surface area contributed by atoms with Crippen LogP contribution in [0.2, 0.25) is 0 Å². The molecule has 2 aromatic heterocycles. The zero-order valence-electron chi connectivity index (χ0n) is 18.2. The second-order valence-electron chi connectivity index (χ2n) is 8.70. The van der Waals surface area contributed by atoms with Gasteiger partial charge in [-0.05, 0) is 54.8 Å². The predicted octanol–water partition coefficient (Wildman–Crippen LogP) is 3.87. The third-order valence-corrected chi connectivity index (χ3v) is 6.66. The summed E-state index contributed by atoms with van der Waals surface area (Å²) in [5.74, 6) is 0.397. The quantitative estimate of drug-likeness (QED) is 0.584. The number of halogens is 3. The first-order valence-corrected chi connectivity index (χ1v) is 11.0. The van der Waals surface area contributed by atoms with Crippen molar-refractivity contribution in [3.05, 3.63) is 77.7 Å².